The zero-order valence-electron chi connectivity index (χ0n) is 8.63. The number of hydrogen-bond donors (Lipinski definition) is 4. The van der Waals surface area contributed by atoms with E-state index in [9.17, 15) is 4.79 Å². The molecule has 6 N–H and O–H groups in total. The molecule has 7 nitrogen and oxygen atoms in total. The van der Waals surface area contributed by atoms with Crippen molar-refractivity contribution in [1.29, 1.82) is 0 Å². The Balaban J connectivity index is 3.81. The number of carbonyl (C=O) groups is 1. The smallest absolute Gasteiger partial charge is 0.408 e. The molecule has 0 aromatic carbocycles. The first-order valence-electron chi connectivity index (χ1n) is 4.09. The lowest BCUT2D eigenvalue weighted by Crippen LogP contribution is -2.38. The third-order valence-corrected chi connectivity index (χ3v) is 1.02. The SMILES string of the molecule is CC(C)(C)OC(=O)NC/C(N)=N/NN. The quantitative estimate of drug-likeness (QED) is 0.208. The molecule has 0 aliphatic carbocycles. The number of amidine groups is 1. The average Bonchev–Trinajstić information content (AvgIpc) is 1.98. The molecule has 0 bridgehead atoms. The van der Waals surface area contributed by atoms with E-state index in [0.29, 0.717) is 0 Å². The molecule has 0 fully saturated rings. The van der Waals surface area contributed by atoms with Gasteiger partial charge in [-0.3, -0.25) is 0 Å². The molecule has 7 heteroatoms. The van der Waals surface area contributed by atoms with Gasteiger partial charge in [-0.15, -0.1) is 0 Å². The van der Waals surface area contributed by atoms with Gasteiger partial charge in [-0.2, -0.15) is 5.10 Å². The third-order valence-electron chi connectivity index (χ3n) is 1.02. The van der Waals surface area contributed by atoms with Gasteiger partial charge in [0.25, 0.3) is 0 Å². The minimum absolute atomic E-state index is 0.0825. The molecule has 0 rings (SSSR count). The van der Waals surface area contributed by atoms with Crippen LogP contribution in [0, 0.1) is 0 Å². The molecule has 0 radical (unpaired) electrons. The van der Waals surface area contributed by atoms with Crippen LogP contribution < -0.4 is 22.4 Å². The number of nitrogens with zero attached hydrogens (tertiary/aromatic N) is 1. The summed E-state index contributed by atoms with van der Waals surface area (Å²) >= 11 is 0. The number of rotatable bonds is 3. The Morgan fingerprint density at radius 3 is 2.50 bits per heavy atom. The molecule has 0 unspecified atom stereocenters. The summed E-state index contributed by atoms with van der Waals surface area (Å²) in [5.74, 6) is 5.04. The van der Waals surface area contributed by atoms with Crippen molar-refractivity contribution < 1.29 is 9.53 Å². The van der Waals surface area contributed by atoms with Gasteiger partial charge >= 0.3 is 6.09 Å². The summed E-state index contributed by atoms with van der Waals surface area (Å²) in [5, 5.41) is 5.86. The second-order valence-electron chi connectivity index (χ2n) is 3.59. The lowest BCUT2D eigenvalue weighted by Gasteiger charge is -2.19. The summed E-state index contributed by atoms with van der Waals surface area (Å²) < 4.78 is 4.95. The van der Waals surface area contributed by atoms with Gasteiger partial charge in [0.15, 0.2) is 0 Å². The number of nitrogens with two attached hydrogens (primary N) is 2. The van der Waals surface area contributed by atoms with Crippen molar-refractivity contribution in [3.05, 3.63) is 0 Å². The number of hydrazine groups is 1. The average molecular weight is 203 g/mol. The van der Waals surface area contributed by atoms with Gasteiger partial charge in [-0.25, -0.2) is 16.2 Å². The minimum Gasteiger partial charge on any atom is -0.444 e. The summed E-state index contributed by atoms with van der Waals surface area (Å²) in [6, 6.07) is 0. The molecule has 0 aliphatic heterocycles. The Hall–Kier alpha value is -1.50. The molecular formula is C7H17N5O2. The van der Waals surface area contributed by atoms with Gasteiger partial charge in [-0.1, -0.05) is 0 Å². The van der Waals surface area contributed by atoms with E-state index >= 15 is 0 Å². The molecule has 0 aliphatic rings. The molecule has 0 saturated heterocycles. The van der Waals surface area contributed by atoms with E-state index < -0.39 is 11.7 Å². The summed E-state index contributed by atoms with van der Waals surface area (Å²) in [6.45, 7) is 5.39. The van der Waals surface area contributed by atoms with Gasteiger partial charge in [0.2, 0.25) is 0 Å². The monoisotopic (exact) mass is 203 g/mol. The van der Waals surface area contributed by atoms with E-state index in [2.05, 4.69) is 10.4 Å². The van der Waals surface area contributed by atoms with E-state index in [1.807, 2.05) is 5.53 Å². The first kappa shape index (κ1) is 12.5. The molecule has 14 heavy (non-hydrogen) atoms. The van der Waals surface area contributed by atoms with Crippen LogP contribution in [0.4, 0.5) is 4.79 Å². The Morgan fingerprint density at radius 2 is 2.07 bits per heavy atom. The maximum Gasteiger partial charge on any atom is 0.408 e. The number of nitrogens with one attached hydrogen (secondary N) is 2. The minimum atomic E-state index is -0.548. The van der Waals surface area contributed by atoms with Crippen molar-refractivity contribution in [3.63, 3.8) is 0 Å². The van der Waals surface area contributed by atoms with Gasteiger partial charge in [0.1, 0.15) is 11.4 Å². The molecule has 0 spiro atoms. The molecule has 0 aromatic heterocycles. The topological polar surface area (TPSA) is 115 Å². The summed E-state index contributed by atoms with van der Waals surface area (Å²) in [6.07, 6.45) is -0.548. The van der Waals surface area contributed by atoms with Crippen molar-refractivity contribution in [2.75, 3.05) is 6.54 Å². The fourth-order valence-electron chi connectivity index (χ4n) is 0.599. The fraction of sp³-hybridized carbons (Fsp3) is 0.714. The van der Waals surface area contributed by atoms with Crippen LogP contribution in [0.5, 0.6) is 0 Å². The Labute approximate surface area is 82.8 Å². The second-order valence-corrected chi connectivity index (χ2v) is 3.59. The van der Waals surface area contributed by atoms with E-state index in [0.717, 1.165) is 0 Å². The highest BCUT2D eigenvalue weighted by molar-refractivity contribution is 5.85. The summed E-state index contributed by atoms with van der Waals surface area (Å²) in [5.41, 5.74) is 6.82. The zero-order chi connectivity index (χ0) is 11.2. The van der Waals surface area contributed by atoms with Crippen molar-refractivity contribution >= 4 is 11.9 Å². The van der Waals surface area contributed by atoms with Crippen LogP contribution in [0.3, 0.4) is 0 Å². The molecule has 0 aromatic rings. The van der Waals surface area contributed by atoms with Crippen molar-refractivity contribution in [2.45, 2.75) is 26.4 Å². The zero-order valence-corrected chi connectivity index (χ0v) is 8.63. The lowest BCUT2D eigenvalue weighted by molar-refractivity contribution is 0.0536. The highest BCUT2D eigenvalue weighted by atomic mass is 16.6. The summed E-state index contributed by atoms with van der Waals surface area (Å²) in [4.78, 5) is 11.1. The Kier molecular flexibility index (Phi) is 4.71. The van der Waals surface area contributed by atoms with Gasteiger partial charge in [0, 0.05) is 0 Å². The Bertz CT molecular complexity index is 221. The van der Waals surface area contributed by atoms with Gasteiger partial charge in [0.05, 0.1) is 6.54 Å². The predicted molar refractivity (Wildman–Crippen MR) is 53.2 cm³/mol. The highest BCUT2D eigenvalue weighted by Gasteiger charge is 2.15. The van der Waals surface area contributed by atoms with Gasteiger partial charge in [-0.05, 0) is 20.8 Å². The molecule has 0 saturated carbocycles. The van der Waals surface area contributed by atoms with Crippen LogP contribution in [0.2, 0.25) is 0 Å². The maximum absolute atomic E-state index is 11.1. The molecule has 0 atom stereocenters. The number of hydrazone groups is 1. The third kappa shape index (κ3) is 7.17. The molecule has 82 valence electrons. The number of carbonyl (C=O) groups excluding carboxylic acids is 1. The number of alkyl carbamates (subject to hydrolysis) is 1. The van der Waals surface area contributed by atoms with Crippen molar-refractivity contribution in [2.24, 2.45) is 16.7 Å². The van der Waals surface area contributed by atoms with Crippen molar-refractivity contribution in [1.82, 2.24) is 10.9 Å². The largest absolute Gasteiger partial charge is 0.444 e. The maximum atomic E-state index is 11.1. The fourth-order valence-corrected chi connectivity index (χ4v) is 0.599. The number of hydrogen-bond acceptors (Lipinski definition) is 5. The van der Waals surface area contributed by atoms with E-state index in [4.69, 9.17) is 16.3 Å². The van der Waals surface area contributed by atoms with E-state index in [1.54, 1.807) is 20.8 Å². The van der Waals surface area contributed by atoms with Crippen LogP contribution in [0.15, 0.2) is 5.10 Å². The van der Waals surface area contributed by atoms with Gasteiger partial charge < -0.3 is 15.8 Å². The standard InChI is InChI=1S/C7H17N5O2/c1-7(2,3)14-6(13)10-4-5(8)11-12-9/h12H,4,9H2,1-3H3,(H2,8,11)(H,10,13). The lowest BCUT2D eigenvalue weighted by atomic mass is 10.2. The normalized spacial score (nSPS) is 12.1. The number of ether oxygens (including phenoxy) is 1. The van der Waals surface area contributed by atoms with E-state index in [-0.39, 0.29) is 12.4 Å². The second kappa shape index (κ2) is 5.28. The predicted octanol–water partition coefficient (Wildman–Crippen LogP) is -0.753. The van der Waals surface area contributed by atoms with Crippen LogP contribution in [0.1, 0.15) is 20.8 Å². The van der Waals surface area contributed by atoms with Crippen LogP contribution in [0.25, 0.3) is 0 Å². The van der Waals surface area contributed by atoms with E-state index in [1.165, 1.54) is 0 Å². The van der Waals surface area contributed by atoms with Crippen LogP contribution >= 0.6 is 0 Å². The molecule has 1 amide bonds. The molecular weight excluding hydrogens is 186 g/mol. The number of amides is 1. The van der Waals surface area contributed by atoms with Crippen LogP contribution in [-0.4, -0.2) is 24.1 Å². The van der Waals surface area contributed by atoms with Crippen molar-refractivity contribution in [3.8, 4) is 0 Å². The highest BCUT2D eigenvalue weighted by Crippen LogP contribution is 2.05. The molecule has 0 heterocycles. The first-order chi connectivity index (χ1) is 6.35. The van der Waals surface area contributed by atoms with Crippen LogP contribution in [-0.2, 0) is 4.74 Å². The Morgan fingerprint density at radius 1 is 1.50 bits per heavy atom. The first-order valence-corrected chi connectivity index (χ1v) is 4.09. The summed E-state index contributed by atoms with van der Waals surface area (Å²) in [7, 11) is 0.